The molecule has 0 saturated heterocycles. The van der Waals surface area contributed by atoms with Crippen LogP contribution in [0, 0.1) is 27.7 Å². The maximum absolute atomic E-state index is 13.0. The van der Waals surface area contributed by atoms with Crippen LogP contribution in [0.3, 0.4) is 0 Å². The Labute approximate surface area is 176 Å². The van der Waals surface area contributed by atoms with Gasteiger partial charge < -0.3 is 10.1 Å². The van der Waals surface area contributed by atoms with E-state index in [0.717, 1.165) is 11.1 Å². The van der Waals surface area contributed by atoms with Crippen LogP contribution in [0.15, 0.2) is 53.4 Å². The smallest absolute Gasteiger partial charge is 0.262 e. The van der Waals surface area contributed by atoms with E-state index < -0.39 is 10.0 Å². The number of carbonyl (C=O) groups is 1. The van der Waals surface area contributed by atoms with Gasteiger partial charge in [-0.2, -0.15) is 0 Å². The van der Waals surface area contributed by atoms with Crippen LogP contribution < -0.4 is 14.8 Å². The van der Waals surface area contributed by atoms with Gasteiger partial charge in [-0.05, 0) is 74.7 Å². The molecule has 0 bridgehead atoms. The van der Waals surface area contributed by atoms with E-state index in [1.165, 1.54) is 6.07 Å². The quantitative estimate of drug-likeness (QED) is 0.616. The van der Waals surface area contributed by atoms with Crippen molar-refractivity contribution < 1.29 is 17.9 Å². The zero-order chi connectivity index (χ0) is 21.6. The third-order valence-corrected chi connectivity index (χ3v) is 6.64. The fourth-order valence-electron chi connectivity index (χ4n) is 3.80. The van der Waals surface area contributed by atoms with Crippen molar-refractivity contribution in [1.82, 2.24) is 0 Å². The predicted molar refractivity (Wildman–Crippen MR) is 117 cm³/mol. The number of carbonyl (C=O) groups excluding carboxylic acids is 1. The summed E-state index contributed by atoms with van der Waals surface area (Å²) in [5.41, 5.74) is 4.43. The lowest BCUT2D eigenvalue weighted by Crippen LogP contribution is -2.17. The summed E-state index contributed by atoms with van der Waals surface area (Å²) >= 11 is 0. The molecule has 1 aliphatic heterocycles. The molecule has 0 aliphatic carbocycles. The second-order valence-corrected chi connectivity index (χ2v) is 9.22. The van der Waals surface area contributed by atoms with Gasteiger partial charge in [0.05, 0.1) is 16.1 Å². The van der Waals surface area contributed by atoms with Crippen molar-refractivity contribution in [3.05, 3.63) is 76.3 Å². The highest BCUT2D eigenvalue weighted by atomic mass is 32.2. The molecule has 30 heavy (non-hydrogen) atoms. The maximum Gasteiger partial charge on any atom is 0.262 e. The average Bonchev–Trinajstić information content (AvgIpc) is 2.76. The highest BCUT2D eigenvalue weighted by molar-refractivity contribution is 7.92. The fraction of sp³-hybridized carbons (Fsp3) is 0.174. The minimum atomic E-state index is -3.83. The van der Waals surface area contributed by atoms with E-state index in [-0.39, 0.29) is 22.1 Å². The number of ether oxygens (including phenoxy) is 1. The topological polar surface area (TPSA) is 84.5 Å². The Kier molecular flexibility index (Phi) is 4.78. The van der Waals surface area contributed by atoms with Crippen LogP contribution in [0.1, 0.15) is 32.6 Å². The summed E-state index contributed by atoms with van der Waals surface area (Å²) in [6, 6.07) is 13.8. The van der Waals surface area contributed by atoms with Crippen molar-refractivity contribution in [2.24, 2.45) is 0 Å². The van der Waals surface area contributed by atoms with E-state index in [1.54, 1.807) is 32.0 Å². The zero-order valence-electron chi connectivity index (χ0n) is 17.2. The number of amides is 1. The highest BCUT2D eigenvalue weighted by Gasteiger charge is 2.24. The minimum Gasteiger partial charge on any atom is -0.454 e. The molecule has 154 valence electrons. The standard InChI is InChI=1S/C23H22N2O4S/c1-13-5-7-21-19(11-13)24-23(26)18-12-17(6-8-20(18)29-21)25-30(27,28)22-15(3)9-14(2)10-16(22)4/h5-12,25H,1-4H3,(H,24,26). The molecule has 3 aromatic carbocycles. The lowest BCUT2D eigenvalue weighted by atomic mass is 10.1. The molecule has 7 heteroatoms. The van der Waals surface area contributed by atoms with Crippen molar-refractivity contribution in [1.29, 1.82) is 0 Å². The molecule has 0 radical (unpaired) electrons. The van der Waals surface area contributed by atoms with Gasteiger partial charge in [-0.25, -0.2) is 8.42 Å². The molecule has 0 fully saturated rings. The molecule has 0 atom stereocenters. The van der Waals surface area contributed by atoms with E-state index in [0.29, 0.717) is 28.3 Å². The van der Waals surface area contributed by atoms with Crippen LogP contribution in [-0.4, -0.2) is 14.3 Å². The molecule has 0 saturated carbocycles. The summed E-state index contributed by atoms with van der Waals surface area (Å²) in [5, 5.41) is 2.82. The van der Waals surface area contributed by atoms with Gasteiger partial charge in [0.15, 0.2) is 5.75 Å². The first-order valence-electron chi connectivity index (χ1n) is 9.48. The Morgan fingerprint density at radius 3 is 2.20 bits per heavy atom. The SMILES string of the molecule is Cc1cc(C)c(S(=O)(=O)Nc2ccc3c(c2)C(=O)Nc2cc(C)ccc2O3)c(C)c1. The van der Waals surface area contributed by atoms with Crippen LogP contribution in [-0.2, 0) is 10.0 Å². The number of fused-ring (bicyclic) bond motifs is 2. The second-order valence-electron chi connectivity index (χ2n) is 7.60. The molecule has 3 aromatic rings. The normalized spacial score (nSPS) is 12.9. The van der Waals surface area contributed by atoms with Gasteiger partial charge in [-0.15, -0.1) is 0 Å². The summed E-state index contributed by atoms with van der Waals surface area (Å²) in [6.07, 6.45) is 0. The zero-order valence-corrected chi connectivity index (χ0v) is 18.0. The van der Waals surface area contributed by atoms with Crippen LogP contribution >= 0.6 is 0 Å². The largest absolute Gasteiger partial charge is 0.454 e. The van der Waals surface area contributed by atoms with Crippen molar-refractivity contribution in [2.75, 3.05) is 10.0 Å². The van der Waals surface area contributed by atoms with Gasteiger partial charge in [0.2, 0.25) is 0 Å². The van der Waals surface area contributed by atoms with Crippen molar-refractivity contribution >= 4 is 27.3 Å². The second kappa shape index (κ2) is 7.18. The summed E-state index contributed by atoms with van der Waals surface area (Å²) in [7, 11) is -3.83. The molecule has 1 amide bonds. The fourth-order valence-corrected chi connectivity index (χ4v) is 5.30. The van der Waals surface area contributed by atoms with Crippen LogP contribution in [0.2, 0.25) is 0 Å². The molecule has 1 heterocycles. The Morgan fingerprint density at radius 1 is 0.833 bits per heavy atom. The molecule has 1 aliphatic rings. The number of sulfonamides is 1. The van der Waals surface area contributed by atoms with Crippen LogP contribution in [0.4, 0.5) is 11.4 Å². The predicted octanol–water partition coefficient (Wildman–Crippen LogP) is 5.08. The van der Waals surface area contributed by atoms with Gasteiger partial charge in [0.1, 0.15) is 5.75 Å². The molecule has 4 rings (SSSR count). The molecule has 0 aromatic heterocycles. The molecule has 6 nitrogen and oxygen atoms in total. The number of hydrogen-bond acceptors (Lipinski definition) is 4. The first kappa shape index (κ1) is 20.0. The van der Waals surface area contributed by atoms with E-state index in [2.05, 4.69) is 10.0 Å². The first-order chi connectivity index (χ1) is 14.1. The number of hydrogen-bond donors (Lipinski definition) is 2. The number of nitrogens with one attached hydrogen (secondary N) is 2. The Morgan fingerprint density at radius 2 is 1.50 bits per heavy atom. The molecule has 0 unspecified atom stereocenters. The number of rotatable bonds is 3. The van der Waals surface area contributed by atoms with Gasteiger partial charge in [0.25, 0.3) is 15.9 Å². The van der Waals surface area contributed by atoms with E-state index >= 15 is 0 Å². The Balaban J connectivity index is 1.70. The number of aryl methyl sites for hydroxylation is 4. The van der Waals surface area contributed by atoms with Crippen LogP contribution in [0.25, 0.3) is 0 Å². The Hall–Kier alpha value is -3.32. The van der Waals surface area contributed by atoms with Gasteiger partial charge in [-0.1, -0.05) is 23.8 Å². The third kappa shape index (κ3) is 3.64. The summed E-state index contributed by atoms with van der Waals surface area (Å²) in [4.78, 5) is 13.0. The minimum absolute atomic E-state index is 0.242. The lowest BCUT2D eigenvalue weighted by molar-refractivity contribution is 0.102. The molecule has 0 spiro atoms. The van der Waals surface area contributed by atoms with Gasteiger partial charge >= 0.3 is 0 Å². The van der Waals surface area contributed by atoms with Crippen molar-refractivity contribution in [3.8, 4) is 11.5 Å². The first-order valence-corrected chi connectivity index (χ1v) is 11.0. The summed E-state index contributed by atoms with van der Waals surface area (Å²) in [6.45, 7) is 7.39. The van der Waals surface area contributed by atoms with Crippen molar-refractivity contribution in [3.63, 3.8) is 0 Å². The van der Waals surface area contributed by atoms with E-state index in [4.69, 9.17) is 4.74 Å². The van der Waals surface area contributed by atoms with Gasteiger partial charge in [0, 0.05) is 5.69 Å². The van der Waals surface area contributed by atoms with E-state index in [1.807, 2.05) is 38.1 Å². The summed E-state index contributed by atoms with van der Waals surface area (Å²) in [5.74, 6) is 0.533. The third-order valence-electron chi connectivity index (χ3n) is 4.95. The average molecular weight is 423 g/mol. The van der Waals surface area contributed by atoms with Crippen LogP contribution in [0.5, 0.6) is 11.5 Å². The maximum atomic E-state index is 13.0. The van der Waals surface area contributed by atoms with E-state index in [9.17, 15) is 13.2 Å². The van der Waals surface area contributed by atoms with Gasteiger partial charge in [-0.3, -0.25) is 9.52 Å². The molecular weight excluding hydrogens is 400 g/mol. The lowest BCUT2D eigenvalue weighted by Gasteiger charge is -2.15. The Bertz CT molecular complexity index is 1270. The molecular formula is C23H22N2O4S. The number of anilines is 2. The highest BCUT2D eigenvalue weighted by Crippen LogP contribution is 2.37. The number of benzene rings is 3. The van der Waals surface area contributed by atoms with Crippen molar-refractivity contribution in [2.45, 2.75) is 32.6 Å². The summed E-state index contributed by atoms with van der Waals surface area (Å²) < 4.78 is 34.6. The monoisotopic (exact) mass is 422 g/mol. The molecule has 2 N–H and O–H groups in total.